The standard InChI is InChI=1S/C18H22N6S/c1-14-6-4-5-7-15(14)12-24-11-9-17(21-24)20-18(25)22(2)13-16-8-10-19-23(16)3/h4-11H,12-13H2,1-3H3,(H,20,21,25). The Morgan fingerprint density at radius 2 is 2.04 bits per heavy atom. The van der Waals surface area contributed by atoms with E-state index < -0.39 is 0 Å². The highest BCUT2D eigenvalue weighted by Crippen LogP contribution is 2.11. The first-order valence-electron chi connectivity index (χ1n) is 8.10. The summed E-state index contributed by atoms with van der Waals surface area (Å²) in [5, 5.41) is 12.5. The van der Waals surface area contributed by atoms with Gasteiger partial charge in [-0.3, -0.25) is 9.36 Å². The zero-order chi connectivity index (χ0) is 17.8. The Morgan fingerprint density at radius 1 is 1.24 bits per heavy atom. The number of nitrogens with one attached hydrogen (secondary N) is 1. The maximum atomic E-state index is 5.47. The summed E-state index contributed by atoms with van der Waals surface area (Å²) in [6.07, 6.45) is 3.74. The Labute approximate surface area is 153 Å². The lowest BCUT2D eigenvalue weighted by molar-refractivity contribution is 0.482. The van der Waals surface area contributed by atoms with Gasteiger partial charge in [0.1, 0.15) is 0 Å². The molecule has 0 aliphatic heterocycles. The molecule has 3 rings (SSSR count). The molecule has 130 valence electrons. The van der Waals surface area contributed by atoms with E-state index in [-0.39, 0.29) is 0 Å². The highest BCUT2D eigenvalue weighted by molar-refractivity contribution is 7.80. The minimum atomic E-state index is 0.627. The van der Waals surface area contributed by atoms with E-state index in [4.69, 9.17) is 12.2 Å². The van der Waals surface area contributed by atoms with Crippen molar-refractivity contribution in [1.29, 1.82) is 0 Å². The van der Waals surface area contributed by atoms with Crippen LogP contribution in [0.2, 0.25) is 0 Å². The van der Waals surface area contributed by atoms with Crippen molar-refractivity contribution in [2.45, 2.75) is 20.0 Å². The minimum absolute atomic E-state index is 0.627. The van der Waals surface area contributed by atoms with E-state index in [1.165, 1.54) is 11.1 Å². The molecule has 7 heteroatoms. The lowest BCUT2D eigenvalue weighted by Gasteiger charge is -2.20. The number of rotatable bonds is 5. The van der Waals surface area contributed by atoms with Crippen LogP contribution >= 0.6 is 12.2 Å². The summed E-state index contributed by atoms with van der Waals surface area (Å²) in [5.41, 5.74) is 3.61. The van der Waals surface area contributed by atoms with Crippen LogP contribution in [0.1, 0.15) is 16.8 Å². The van der Waals surface area contributed by atoms with Crippen molar-refractivity contribution in [1.82, 2.24) is 24.5 Å². The highest BCUT2D eigenvalue weighted by atomic mass is 32.1. The lowest BCUT2D eigenvalue weighted by atomic mass is 10.1. The van der Waals surface area contributed by atoms with Crippen molar-refractivity contribution >= 4 is 23.1 Å². The number of hydrogen-bond donors (Lipinski definition) is 1. The maximum absolute atomic E-state index is 5.47. The molecule has 25 heavy (non-hydrogen) atoms. The van der Waals surface area contributed by atoms with Gasteiger partial charge in [0.25, 0.3) is 0 Å². The summed E-state index contributed by atoms with van der Waals surface area (Å²) in [6.45, 7) is 3.54. The molecule has 2 aromatic heterocycles. The van der Waals surface area contributed by atoms with E-state index in [0.717, 1.165) is 18.1 Å². The van der Waals surface area contributed by atoms with Crippen LogP contribution in [0.15, 0.2) is 48.8 Å². The smallest absolute Gasteiger partial charge is 0.174 e. The van der Waals surface area contributed by atoms with Crippen molar-refractivity contribution in [3.05, 3.63) is 65.6 Å². The molecule has 0 radical (unpaired) electrons. The average molecular weight is 354 g/mol. The minimum Gasteiger partial charge on any atom is -0.346 e. The SMILES string of the molecule is Cc1ccccc1Cn1ccc(NC(=S)N(C)Cc2ccnn2C)n1. The molecule has 0 unspecified atom stereocenters. The molecular formula is C18H22N6S. The maximum Gasteiger partial charge on any atom is 0.174 e. The second kappa shape index (κ2) is 7.48. The van der Waals surface area contributed by atoms with E-state index in [9.17, 15) is 0 Å². The molecule has 0 bridgehead atoms. The van der Waals surface area contributed by atoms with Crippen LogP contribution in [0.4, 0.5) is 5.82 Å². The number of anilines is 1. The monoisotopic (exact) mass is 354 g/mol. The fourth-order valence-corrected chi connectivity index (χ4v) is 2.72. The van der Waals surface area contributed by atoms with E-state index in [1.807, 2.05) is 58.8 Å². The predicted molar refractivity (Wildman–Crippen MR) is 103 cm³/mol. The number of thiocarbonyl (C=S) groups is 1. The Hall–Kier alpha value is -2.67. The summed E-state index contributed by atoms with van der Waals surface area (Å²) < 4.78 is 3.75. The first kappa shape index (κ1) is 17.2. The first-order chi connectivity index (χ1) is 12.0. The van der Waals surface area contributed by atoms with Gasteiger partial charge in [0.2, 0.25) is 0 Å². The van der Waals surface area contributed by atoms with E-state index in [2.05, 4.69) is 34.6 Å². The third-order valence-electron chi connectivity index (χ3n) is 4.14. The molecule has 2 heterocycles. The molecule has 0 amide bonds. The fourth-order valence-electron chi connectivity index (χ4n) is 2.55. The number of aromatic nitrogens is 4. The normalized spacial score (nSPS) is 10.7. The Bertz CT molecular complexity index is 866. The first-order valence-corrected chi connectivity index (χ1v) is 8.50. The van der Waals surface area contributed by atoms with Crippen LogP contribution in [0.25, 0.3) is 0 Å². The molecule has 0 fully saturated rings. The molecule has 0 aliphatic rings. The van der Waals surface area contributed by atoms with E-state index in [1.54, 1.807) is 6.20 Å². The van der Waals surface area contributed by atoms with Crippen molar-refractivity contribution in [2.24, 2.45) is 7.05 Å². The molecule has 1 N–H and O–H groups in total. The summed E-state index contributed by atoms with van der Waals surface area (Å²) in [4.78, 5) is 1.96. The molecule has 0 spiro atoms. The second-order valence-corrected chi connectivity index (χ2v) is 6.44. The van der Waals surface area contributed by atoms with Gasteiger partial charge in [-0.15, -0.1) is 0 Å². The van der Waals surface area contributed by atoms with Crippen LogP contribution in [0.5, 0.6) is 0 Å². The summed E-state index contributed by atoms with van der Waals surface area (Å²) in [6, 6.07) is 12.2. The Balaban J connectivity index is 1.60. The van der Waals surface area contributed by atoms with Gasteiger partial charge in [0, 0.05) is 32.6 Å². The van der Waals surface area contributed by atoms with Crippen molar-refractivity contribution < 1.29 is 0 Å². The second-order valence-electron chi connectivity index (χ2n) is 6.06. The van der Waals surface area contributed by atoms with Gasteiger partial charge in [-0.25, -0.2) is 0 Å². The van der Waals surface area contributed by atoms with Gasteiger partial charge in [0.05, 0.1) is 18.8 Å². The molecule has 1 aromatic carbocycles. The number of benzene rings is 1. The molecule has 0 saturated carbocycles. The van der Waals surface area contributed by atoms with Gasteiger partial charge in [-0.05, 0) is 36.3 Å². The summed E-state index contributed by atoms with van der Waals surface area (Å²) >= 11 is 5.47. The number of aryl methyl sites for hydroxylation is 2. The van der Waals surface area contributed by atoms with Gasteiger partial charge >= 0.3 is 0 Å². The molecule has 3 aromatic rings. The van der Waals surface area contributed by atoms with Crippen LogP contribution in [0, 0.1) is 6.92 Å². The molecular weight excluding hydrogens is 332 g/mol. The number of nitrogens with zero attached hydrogens (tertiary/aromatic N) is 5. The quantitative estimate of drug-likeness (QED) is 0.714. The van der Waals surface area contributed by atoms with Gasteiger partial charge in [-0.1, -0.05) is 24.3 Å². The van der Waals surface area contributed by atoms with Crippen LogP contribution in [-0.4, -0.2) is 36.6 Å². The van der Waals surface area contributed by atoms with Gasteiger partial charge in [0.15, 0.2) is 10.9 Å². The summed E-state index contributed by atoms with van der Waals surface area (Å²) in [7, 11) is 3.87. The van der Waals surface area contributed by atoms with Gasteiger partial charge < -0.3 is 10.2 Å². The predicted octanol–water partition coefficient (Wildman–Crippen LogP) is 2.80. The van der Waals surface area contributed by atoms with Crippen molar-refractivity contribution in [2.75, 3.05) is 12.4 Å². The zero-order valence-corrected chi connectivity index (χ0v) is 15.5. The van der Waals surface area contributed by atoms with Crippen molar-refractivity contribution in [3.63, 3.8) is 0 Å². The molecule has 0 atom stereocenters. The number of hydrogen-bond acceptors (Lipinski definition) is 3. The Morgan fingerprint density at radius 3 is 2.76 bits per heavy atom. The molecule has 6 nitrogen and oxygen atoms in total. The van der Waals surface area contributed by atoms with E-state index >= 15 is 0 Å². The highest BCUT2D eigenvalue weighted by Gasteiger charge is 2.09. The topological polar surface area (TPSA) is 50.9 Å². The Kier molecular flexibility index (Phi) is 5.14. The van der Waals surface area contributed by atoms with Crippen molar-refractivity contribution in [3.8, 4) is 0 Å². The molecule has 0 aliphatic carbocycles. The lowest BCUT2D eigenvalue weighted by Crippen LogP contribution is -2.31. The van der Waals surface area contributed by atoms with Crippen LogP contribution < -0.4 is 5.32 Å². The van der Waals surface area contributed by atoms with Crippen LogP contribution in [0.3, 0.4) is 0 Å². The summed E-state index contributed by atoms with van der Waals surface area (Å²) in [5.74, 6) is 0.746. The zero-order valence-electron chi connectivity index (χ0n) is 14.7. The average Bonchev–Trinajstić information content (AvgIpc) is 3.19. The third kappa shape index (κ3) is 4.24. The third-order valence-corrected chi connectivity index (χ3v) is 4.55. The van der Waals surface area contributed by atoms with Crippen LogP contribution in [-0.2, 0) is 20.1 Å². The van der Waals surface area contributed by atoms with E-state index in [0.29, 0.717) is 11.7 Å². The molecule has 0 saturated heterocycles. The largest absolute Gasteiger partial charge is 0.346 e. The van der Waals surface area contributed by atoms with Gasteiger partial charge in [-0.2, -0.15) is 10.2 Å². The fraction of sp³-hybridized carbons (Fsp3) is 0.278.